The zero-order chi connectivity index (χ0) is 22.9. The number of benzene rings is 3. The molecule has 32 heavy (non-hydrogen) atoms. The number of halogens is 3. The van der Waals surface area contributed by atoms with Crippen molar-refractivity contribution in [2.75, 3.05) is 6.26 Å². The van der Waals surface area contributed by atoms with Gasteiger partial charge in [0, 0.05) is 33.2 Å². The van der Waals surface area contributed by atoms with Crippen molar-refractivity contribution in [2.45, 2.75) is 15.5 Å². The molecule has 4 nitrogen and oxygen atoms in total. The van der Waals surface area contributed by atoms with Gasteiger partial charge in [-0.15, -0.1) is 11.8 Å². The lowest BCUT2D eigenvalue weighted by atomic mass is 10.2. The van der Waals surface area contributed by atoms with E-state index in [4.69, 9.17) is 39.8 Å². The summed E-state index contributed by atoms with van der Waals surface area (Å²) < 4.78 is 25.5. The van der Waals surface area contributed by atoms with E-state index in [1.165, 1.54) is 6.26 Å². The second-order valence-corrected chi connectivity index (χ2v) is 11.2. The highest BCUT2D eigenvalue weighted by Gasteiger charge is 2.19. The number of nitrogens with zero attached hydrogens (tertiary/aromatic N) is 2. The molecule has 0 aliphatic rings. The van der Waals surface area contributed by atoms with Gasteiger partial charge in [0.25, 0.3) is 0 Å². The first-order valence-electron chi connectivity index (χ1n) is 9.45. The van der Waals surface area contributed by atoms with Crippen LogP contribution in [0.5, 0.6) is 0 Å². The fraction of sp³-hybridized carbons (Fsp3) is 0.0870. The summed E-state index contributed by atoms with van der Waals surface area (Å²) in [6.45, 7) is 0. The lowest BCUT2D eigenvalue weighted by Gasteiger charge is -2.10. The number of imidazole rings is 1. The van der Waals surface area contributed by atoms with E-state index in [1.807, 2.05) is 36.4 Å². The molecular weight excluding hydrogens is 507 g/mol. The second kappa shape index (κ2) is 9.49. The molecule has 1 aromatic heterocycles. The molecule has 0 bridgehead atoms. The molecule has 4 aromatic rings. The minimum atomic E-state index is -3.31. The average Bonchev–Trinajstić information content (AvgIpc) is 3.09. The van der Waals surface area contributed by atoms with Crippen molar-refractivity contribution in [3.63, 3.8) is 0 Å². The number of sulfone groups is 1. The molecule has 164 valence electrons. The first-order valence-corrected chi connectivity index (χ1v) is 13.5. The van der Waals surface area contributed by atoms with Gasteiger partial charge in [0.05, 0.1) is 15.6 Å². The number of hydrogen-bond acceptors (Lipinski definition) is 4. The monoisotopic (exact) mass is 522 g/mol. The third-order valence-electron chi connectivity index (χ3n) is 4.71. The summed E-state index contributed by atoms with van der Waals surface area (Å²) in [4.78, 5) is 5.98. The van der Waals surface area contributed by atoms with E-state index in [0.717, 1.165) is 10.5 Å². The van der Waals surface area contributed by atoms with Gasteiger partial charge in [0.2, 0.25) is 0 Å². The maximum Gasteiger partial charge on any atom is 0.175 e. The molecule has 0 N–H and O–H groups in total. The van der Waals surface area contributed by atoms with Crippen LogP contribution in [0, 0.1) is 0 Å². The Morgan fingerprint density at radius 2 is 1.56 bits per heavy atom. The van der Waals surface area contributed by atoms with E-state index < -0.39 is 9.84 Å². The lowest BCUT2D eigenvalue weighted by Crippen LogP contribution is -2.00. The lowest BCUT2D eigenvalue weighted by molar-refractivity contribution is 0.602. The van der Waals surface area contributed by atoms with Gasteiger partial charge in [0.15, 0.2) is 9.84 Å². The van der Waals surface area contributed by atoms with Crippen molar-refractivity contribution in [2.24, 2.45) is 0 Å². The summed E-state index contributed by atoms with van der Waals surface area (Å²) in [5, 5.41) is 1.73. The molecule has 3 aromatic carbocycles. The van der Waals surface area contributed by atoms with Gasteiger partial charge in [-0.1, -0.05) is 46.9 Å². The van der Waals surface area contributed by atoms with E-state index >= 15 is 0 Å². The van der Waals surface area contributed by atoms with Gasteiger partial charge < -0.3 is 0 Å². The van der Waals surface area contributed by atoms with Crippen LogP contribution in [0.15, 0.2) is 82.6 Å². The highest BCUT2D eigenvalue weighted by Crippen LogP contribution is 2.35. The molecule has 9 heteroatoms. The van der Waals surface area contributed by atoms with Crippen molar-refractivity contribution >= 4 is 56.4 Å². The maximum absolute atomic E-state index is 11.8. The van der Waals surface area contributed by atoms with Crippen molar-refractivity contribution in [3.8, 4) is 17.1 Å². The van der Waals surface area contributed by atoms with Crippen LogP contribution in [0.25, 0.3) is 17.1 Å². The third kappa shape index (κ3) is 5.00. The fourth-order valence-electron chi connectivity index (χ4n) is 3.12. The zero-order valence-electron chi connectivity index (χ0n) is 16.8. The normalized spacial score (nSPS) is 11.6. The first-order chi connectivity index (χ1) is 15.2. The zero-order valence-corrected chi connectivity index (χ0v) is 20.7. The summed E-state index contributed by atoms with van der Waals surface area (Å²) in [7, 11) is -3.31. The topological polar surface area (TPSA) is 52.0 Å². The SMILES string of the molecule is CS(=O)(=O)c1ccc(-n2c(-c3ccc(Cl)cc3)nc(CSc3ccccc3Cl)c2Cl)cc1. The molecule has 0 amide bonds. The Balaban J connectivity index is 1.78. The van der Waals surface area contributed by atoms with Gasteiger partial charge in [0.1, 0.15) is 11.0 Å². The predicted molar refractivity (Wildman–Crippen MR) is 133 cm³/mol. The molecule has 0 fully saturated rings. The fourth-order valence-corrected chi connectivity index (χ4v) is 5.41. The van der Waals surface area contributed by atoms with Gasteiger partial charge in [-0.2, -0.15) is 0 Å². The van der Waals surface area contributed by atoms with Gasteiger partial charge in [-0.3, -0.25) is 4.57 Å². The average molecular weight is 524 g/mol. The van der Waals surface area contributed by atoms with E-state index in [2.05, 4.69) is 0 Å². The summed E-state index contributed by atoms with van der Waals surface area (Å²) >= 11 is 20.7. The Morgan fingerprint density at radius 1 is 0.906 bits per heavy atom. The Kier molecular flexibility index (Phi) is 6.89. The van der Waals surface area contributed by atoms with Crippen molar-refractivity contribution in [1.82, 2.24) is 9.55 Å². The summed E-state index contributed by atoms with van der Waals surface area (Å²) in [6.07, 6.45) is 1.18. The van der Waals surface area contributed by atoms with E-state index in [9.17, 15) is 8.42 Å². The quantitative estimate of drug-likeness (QED) is 0.251. The van der Waals surface area contributed by atoms with Crippen LogP contribution in [0.2, 0.25) is 15.2 Å². The van der Waals surface area contributed by atoms with Crippen LogP contribution in [0.1, 0.15) is 5.69 Å². The minimum absolute atomic E-state index is 0.236. The van der Waals surface area contributed by atoms with Crippen LogP contribution in [0.3, 0.4) is 0 Å². The number of thioether (sulfide) groups is 1. The van der Waals surface area contributed by atoms with Crippen LogP contribution in [-0.2, 0) is 15.6 Å². The molecular formula is C23H17Cl3N2O2S2. The van der Waals surface area contributed by atoms with E-state index in [1.54, 1.807) is 52.7 Å². The number of aromatic nitrogens is 2. The molecule has 0 saturated carbocycles. The summed E-state index contributed by atoms with van der Waals surface area (Å²) in [5.74, 6) is 1.14. The van der Waals surface area contributed by atoms with Crippen molar-refractivity contribution in [3.05, 3.63) is 93.7 Å². The standard InChI is InChI=1S/C23H17Cl3N2O2S2/c1-32(29,30)18-12-10-17(11-13-18)28-22(26)20(14-31-21-5-3-2-4-19(21)25)27-23(28)15-6-8-16(24)9-7-15/h2-13H,14H2,1H3. The second-order valence-electron chi connectivity index (χ2n) is 7.00. The minimum Gasteiger partial charge on any atom is -0.283 e. The number of rotatable bonds is 6. The van der Waals surface area contributed by atoms with E-state index in [-0.39, 0.29) is 4.90 Å². The molecule has 0 atom stereocenters. The highest BCUT2D eigenvalue weighted by molar-refractivity contribution is 7.98. The summed E-state index contributed by atoms with van der Waals surface area (Å²) in [6, 6.07) is 21.5. The molecule has 0 aliphatic heterocycles. The van der Waals surface area contributed by atoms with Crippen LogP contribution in [-0.4, -0.2) is 24.2 Å². The molecule has 1 heterocycles. The molecule has 0 spiro atoms. The largest absolute Gasteiger partial charge is 0.283 e. The third-order valence-corrected chi connectivity index (χ3v) is 8.01. The van der Waals surface area contributed by atoms with Crippen LogP contribution >= 0.6 is 46.6 Å². The van der Waals surface area contributed by atoms with Gasteiger partial charge >= 0.3 is 0 Å². The molecule has 0 radical (unpaired) electrons. The smallest absolute Gasteiger partial charge is 0.175 e. The van der Waals surface area contributed by atoms with Gasteiger partial charge in [-0.25, -0.2) is 13.4 Å². The Hall–Kier alpha value is -1.96. The Morgan fingerprint density at radius 3 is 2.19 bits per heavy atom. The maximum atomic E-state index is 11.8. The van der Waals surface area contributed by atoms with Crippen LogP contribution < -0.4 is 0 Å². The Labute approximate surface area is 206 Å². The highest BCUT2D eigenvalue weighted by atomic mass is 35.5. The number of hydrogen-bond donors (Lipinski definition) is 0. The Bertz CT molecular complexity index is 1370. The van der Waals surface area contributed by atoms with Crippen molar-refractivity contribution in [1.29, 1.82) is 0 Å². The van der Waals surface area contributed by atoms with Crippen LogP contribution in [0.4, 0.5) is 0 Å². The molecule has 4 rings (SSSR count). The van der Waals surface area contributed by atoms with Gasteiger partial charge in [-0.05, 0) is 60.7 Å². The first kappa shape index (κ1) is 23.2. The summed E-state index contributed by atoms with van der Waals surface area (Å²) in [5.41, 5.74) is 2.22. The van der Waals surface area contributed by atoms with E-state index in [0.29, 0.717) is 38.2 Å². The molecule has 0 unspecified atom stereocenters. The molecule has 0 aliphatic carbocycles. The molecule has 0 saturated heterocycles. The van der Waals surface area contributed by atoms with Crippen molar-refractivity contribution < 1.29 is 8.42 Å². The predicted octanol–water partition coefficient (Wildman–Crippen LogP) is 7.20.